The fraction of sp³-hybridized carbons (Fsp3) is 0.750. The van der Waals surface area contributed by atoms with Crippen LogP contribution in [-0.4, -0.2) is 44.9 Å². The van der Waals surface area contributed by atoms with E-state index < -0.39 is 11.9 Å². The molecule has 1 saturated heterocycles. The molecule has 1 aliphatic rings. The van der Waals surface area contributed by atoms with Crippen molar-refractivity contribution < 1.29 is 24.6 Å². The molecule has 1 aliphatic heterocycles. The average Bonchev–Trinajstić information content (AvgIpc) is 2.60. The number of carboxylic acids is 2. The summed E-state index contributed by atoms with van der Waals surface area (Å²) in [6.45, 7) is 12.8. The third-order valence-corrected chi connectivity index (χ3v) is 5.71. The third kappa shape index (κ3) is 8.23. The lowest BCUT2D eigenvalue weighted by molar-refractivity contribution is -0.285. The van der Waals surface area contributed by atoms with E-state index in [0.29, 0.717) is 6.61 Å². The summed E-state index contributed by atoms with van der Waals surface area (Å²) in [5.41, 5.74) is -0.476. The van der Waals surface area contributed by atoms with Gasteiger partial charge in [-0.25, -0.2) is 9.59 Å². The van der Waals surface area contributed by atoms with Crippen molar-refractivity contribution in [1.29, 1.82) is 0 Å². The number of unbranched alkanes of at least 4 members (excludes halogenated alkanes) is 5. The summed E-state index contributed by atoms with van der Waals surface area (Å²) in [4.78, 5) is 29.0. The van der Waals surface area contributed by atoms with E-state index in [1.54, 1.807) is 6.08 Å². The SMILES string of the molecule is CCCCCCCCON1C(C)(C)CC(C=C(C=C(C)C(=O)O)C(=O)O)CC1(C)C. The van der Waals surface area contributed by atoms with Crippen LogP contribution in [-0.2, 0) is 14.4 Å². The largest absolute Gasteiger partial charge is 0.478 e. The van der Waals surface area contributed by atoms with Gasteiger partial charge in [-0.2, -0.15) is 5.06 Å². The molecule has 0 atom stereocenters. The van der Waals surface area contributed by atoms with Gasteiger partial charge in [-0.3, -0.25) is 4.84 Å². The zero-order valence-corrected chi connectivity index (χ0v) is 19.7. The van der Waals surface area contributed by atoms with Crippen molar-refractivity contribution in [3.8, 4) is 0 Å². The molecule has 1 heterocycles. The second kappa shape index (κ2) is 11.7. The molecule has 0 aromatic rings. The molecule has 0 aliphatic carbocycles. The number of hydrogen-bond acceptors (Lipinski definition) is 4. The number of carbonyl (C=O) groups is 2. The molecule has 1 fully saturated rings. The van der Waals surface area contributed by atoms with Crippen molar-refractivity contribution in [1.82, 2.24) is 5.06 Å². The van der Waals surface area contributed by atoms with Gasteiger partial charge < -0.3 is 10.2 Å². The maximum atomic E-state index is 11.6. The summed E-state index contributed by atoms with van der Waals surface area (Å²) in [6.07, 6.45) is 11.7. The van der Waals surface area contributed by atoms with E-state index in [2.05, 4.69) is 39.7 Å². The molecule has 1 rings (SSSR count). The molecule has 0 spiro atoms. The first-order valence-corrected chi connectivity index (χ1v) is 11.2. The molecule has 0 unspecified atom stereocenters. The summed E-state index contributed by atoms with van der Waals surface area (Å²) in [7, 11) is 0. The average molecular weight is 424 g/mol. The molecule has 6 nitrogen and oxygen atoms in total. The summed E-state index contributed by atoms with van der Waals surface area (Å²) in [5, 5.41) is 20.7. The maximum absolute atomic E-state index is 11.6. The van der Waals surface area contributed by atoms with Gasteiger partial charge in [0, 0.05) is 16.7 Å². The van der Waals surface area contributed by atoms with Gasteiger partial charge in [0.05, 0.1) is 12.2 Å². The van der Waals surface area contributed by atoms with Crippen LogP contribution in [0.5, 0.6) is 0 Å². The lowest BCUT2D eigenvalue weighted by Gasteiger charge is -2.53. The minimum Gasteiger partial charge on any atom is -0.478 e. The topological polar surface area (TPSA) is 87.1 Å². The van der Waals surface area contributed by atoms with Gasteiger partial charge in [0.2, 0.25) is 0 Å². The van der Waals surface area contributed by atoms with Crippen molar-refractivity contribution >= 4 is 11.9 Å². The highest BCUT2D eigenvalue weighted by Crippen LogP contribution is 2.42. The highest BCUT2D eigenvalue weighted by Gasteiger charge is 2.46. The molecule has 2 N–H and O–H groups in total. The molecule has 0 saturated carbocycles. The molecule has 0 radical (unpaired) electrons. The van der Waals surface area contributed by atoms with E-state index >= 15 is 0 Å². The van der Waals surface area contributed by atoms with Crippen LogP contribution in [0, 0.1) is 5.92 Å². The molecule has 0 bridgehead atoms. The highest BCUT2D eigenvalue weighted by molar-refractivity contribution is 5.94. The van der Waals surface area contributed by atoms with Crippen LogP contribution < -0.4 is 0 Å². The van der Waals surface area contributed by atoms with E-state index in [1.807, 2.05) is 0 Å². The second-order valence-corrected chi connectivity index (χ2v) is 9.75. The monoisotopic (exact) mass is 423 g/mol. The van der Waals surface area contributed by atoms with Crippen molar-refractivity contribution in [2.75, 3.05) is 6.61 Å². The molecular weight excluding hydrogens is 382 g/mol. The molecule has 0 aromatic heterocycles. The molecule has 0 aromatic carbocycles. The number of rotatable bonds is 12. The molecule has 172 valence electrons. The number of hydroxylamine groups is 2. The predicted molar refractivity (Wildman–Crippen MR) is 119 cm³/mol. The van der Waals surface area contributed by atoms with Crippen LogP contribution in [0.25, 0.3) is 0 Å². The minimum absolute atomic E-state index is 0.0156. The van der Waals surface area contributed by atoms with Gasteiger partial charge in [0.1, 0.15) is 0 Å². The number of aliphatic carboxylic acids is 2. The zero-order valence-electron chi connectivity index (χ0n) is 19.7. The first-order chi connectivity index (χ1) is 13.9. The highest BCUT2D eigenvalue weighted by atomic mass is 16.7. The Morgan fingerprint density at radius 2 is 1.50 bits per heavy atom. The lowest BCUT2D eigenvalue weighted by Crippen LogP contribution is -2.60. The van der Waals surface area contributed by atoms with E-state index in [1.165, 1.54) is 45.1 Å². The molecule has 6 heteroatoms. The van der Waals surface area contributed by atoms with Crippen LogP contribution in [0.15, 0.2) is 23.3 Å². The number of piperidine rings is 1. The summed E-state index contributed by atoms with van der Waals surface area (Å²) < 4.78 is 0. The van der Waals surface area contributed by atoms with Crippen LogP contribution in [0.1, 0.15) is 92.9 Å². The Morgan fingerprint density at radius 3 is 2.00 bits per heavy atom. The van der Waals surface area contributed by atoms with Gasteiger partial charge in [0.15, 0.2) is 0 Å². The third-order valence-electron chi connectivity index (χ3n) is 5.71. The van der Waals surface area contributed by atoms with E-state index in [0.717, 1.165) is 19.3 Å². The predicted octanol–water partition coefficient (Wildman–Crippen LogP) is 5.59. The van der Waals surface area contributed by atoms with E-state index in [4.69, 9.17) is 9.94 Å². The van der Waals surface area contributed by atoms with E-state index in [-0.39, 0.29) is 28.1 Å². The fourth-order valence-electron chi connectivity index (χ4n) is 4.58. The Hall–Kier alpha value is -1.66. The van der Waals surface area contributed by atoms with Crippen LogP contribution in [0.4, 0.5) is 0 Å². The standard InChI is InChI=1S/C24H41NO5/c1-7-8-9-10-11-12-13-30-25-23(3,4)16-19(17-24(25,5)6)15-20(22(28)29)14-18(2)21(26)27/h14-15,19H,7-13,16-17H2,1-6H3,(H,26,27)(H,28,29). The number of carboxylic acid groups (broad SMARTS) is 2. The van der Waals surface area contributed by atoms with Crippen LogP contribution in [0.3, 0.4) is 0 Å². The van der Waals surface area contributed by atoms with Crippen molar-refractivity contribution in [2.45, 2.75) is 104 Å². The second-order valence-electron chi connectivity index (χ2n) is 9.75. The summed E-state index contributed by atoms with van der Waals surface area (Å²) >= 11 is 0. The number of hydrogen-bond donors (Lipinski definition) is 2. The summed E-state index contributed by atoms with van der Waals surface area (Å²) in [5.74, 6) is -2.19. The smallest absolute Gasteiger partial charge is 0.335 e. The van der Waals surface area contributed by atoms with E-state index in [9.17, 15) is 14.7 Å². The quantitative estimate of drug-likeness (QED) is 0.242. The lowest BCUT2D eigenvalue weighted by atomic mass is 9.74. The first-order valence-electron chi connectivity index (χ1n) is 11.2. The van der Waals surface area contributed by atoms with Gasteiger partial charge in [-0.05, 0) is 65.9 Å². The van der Waals surface area contributed by atoms with Gasteiger partial charge in [-0.1, -0.05) is 45.1 Å². The molecular formula is C24H41NO5. The molecule has 0 amide bonds. The maximum Gasteiger partial charge on any atom is 0.335 e. The Morgan fingerprint density at radius 1 is 0.967 bits per heavy atom. The Bertz CT molecular complexity index is 630. The van der Waals surface area contributed by atoms with Crippen LogP contribution >= 0.6 is 0 Å². The van der Waals surface area contributed by atoms with Crippen LogP contribution in [0.2, 0.25) is 0 Å². The van der Waals surface area contributed by atoms with Gasteiger partial charge in [0.25, 0.3) is 0 Å². The Labute approximate surface area is 181 Å². The zero-order chi connectivity index (χ0) is 22.9. The fourth-order valence-corrected chi connectivity index (χ4v) is 4.58. The normalized spacial score (nSPS) is 20.3. The Balaban J connectivity index is 2.82. The molecule has 30 heavy (non-hydrogen) atoms. The summed E-state index contributed by atoms with van der Waals surface area (Å²) in [6, 6.07) is 0. The number of nitrogens with zero attached hydrogens (tertiary/aromatic N) is 1. The van der Waals surface area contributed by atoms with Gasteiger partial charge in [-0.15, -0.1) is 0 Å². The number of allylic oxidation sites excluding steroid dienone is 1. The minimum atomic E-state index is -1.11. The Kier molecular flexibility index (Phi) is 10.2. The van der Waals surface area contributed by atoms with Crippen molar-refractivity contribution in [3.05, 3.63) is 23.3 Å². The first kappa shape index (κ1) is 26.4. The van der Waals surface area contributed by atoms with Crippen molar-refractivity contribution in [2.24, 2.45) is 5.92 Å². The van der Waals surface area contributed by atoms with Gasteiger partial charge >= 0.3 is 11.9 Å². The van der Waals surface area contributed by atoms with Crippen molar-refractivity contribution in [3.63, 3.8) is 0 Å².